The van der Waals surface area contributed by atoms with Crippen LogP contribution in [-0.2, 0) is 48.0 Å². The standard InChI is InChI=1S/C38H50N10O7/c39-18-17-32(50)45-28(12-7-19-43-38(41)42)35(53)44-23-33(51)46-30(21-24-8-3-1-4-9-24)36(54)48-31(22-25-10-5-2-6-11-25)37(55)47-29(34(40)52)20-26-13-15-27(49)16-14-26/h1-6,8-11,13-16,28-31,49H,7,12,17-23,39H2,(H2,40,52)(H,44,53)(H,45,50)(H,46,51)(H,47,55)(H,48,54)(H4,41,42,43)/t28-,29-,30-,31-/m0/s1. The van der Waals surface area contributed by atoms with Gasteiger partial charge in [-0.15, -0.1) is 0 Å². The SMILES string of the molecule is NCCC(=O)N[C@@H](CCCN=C(N)N)C(=O)NCC(=O)N[C@@H](Cc1ccccc1)C(=O)N[C@@H](Cc1ccccc1)C(=O)N[C@@H](Cc1ccc(O)cc1)C(N)=O. The van der Waals surface area contributed by atoms with Crippen LogP contribution in [0.25, 0.3) is 0 Å². The Kier molecular flexibility index (Phi) is 17.6. The maximum absolute atomic E-state index is 14.0. The molecule has 3 aromatic carbocycles. The number of phenolic OH excluding ortho intramolecular Hbond substituents is 1. The molecular formula is C38H50N10O7. The van der Waals surface area contributed by atoms with Gasteiger partial charge in [0.2, 0.25) is 35.4 Å². The molecule has 3 rings (SSSR count). The summed E-state index contributed by atoms with van der Waals surface area (Å²) < 4.78 is 0. The quantitative estimate of drug-likeness (QED) is 0.0317. The summed E-state index contributed by atoms with van der Waals surface area (Å²) in [7, 11) is 0. The van der Waals surface area contributed by atoms with Gasteiger partial charge < -0.3 is 54.6 Å². The zero-order chi connectivity index (χ0) is 40.2. The summed E-state index contributed by atoms with van der Waals surface area (Å²) in [6.07, 6.45) is 0.582. The van der Waals surface area contributed by atoms with Gasteiger partial charge in [-0.2, -0.15) is 0 Å². The van der Waals surface area contributed by atoms with E-state index >= 15 is 0 Å². The molecule has 294 valence electrons. The molecule has 17 heteroatoms. The number of amides is 6. The van der Waals surface area contributed by atoms with Crippen molar-refractivity contribution < 1.29 is 33.9 Å². The first kappa shape index (κ1) is 42.9. The van der Waals surface area contributed by atoms with Crippen LogP contribution in [0.3, 0.4) is 0 Å². The fourth-order valence-corrected chi connectivity index (χ4v) is 5.46. The van der Waals surface area contributed by atoms with Crippen LogP contribution in [0.4, 0.5) is 0 Å². The summed E-state index contributed by atoms with van der Waals surface area (Å²) in [4.78, 5) is 82.6. The number of carbonyl (C=O) groups excluding carboxylic acids is 6. The molecule has 55 heavy (non-hydrogen) atoms. The van der Waals surface area contributed by atoms with E-state index in [0.717, 1.165) is 0 Å². The van der Waals surface area contributed by atoms with E-state index in [2.05, 4.69) is 31.6 Å². The van der Waals surface area contributed by atoms with Crippen LogP contribution in [0.1, 0.15) is 36.0 Å². The van der Waals surface area contributed by atoms with E-state index in [-0.39, 0.29) is 56.9 Å². The summed E-state index contributed by atoms with van der Waals surface area (Å²) in [5.41, 5.74) is 23.9. The molecule has 0 aliphatic heterocycles. The molecule has 0 spiro atoms. The molecule has 0 radical (unpaired) electrons. The summed E-state index contributed by atoms with van der Waals surface area (Å²) in [6.45, 7) is -0.262. The van der Waals surface area contributed by atoms with Crippen LogP contribution in [0.2, 0.25) is 0 Å². The number of benzene rings is 3. The highest BCUT2D eigenvalue weighted by atomic mass is 16.3. The molecule has 17 nitrogen and oxygen atoms in total. The van der Waals surface area contributed by atoms with E-state index in [0.29, 0.717) is 23.1 Å². The van der Waals surface area contributed by atoms with Crippen molar-refractivity contribution in [2.24, 2.45) is 27.9 Å². The van der Waals surface area contributed by atoms with Crippen LogP contribution in [0, 0.1) is 0 Å². The predicted octanol–water partition coefficient (Wildman–Crippen LogP) is -1.64. The minimum absolute atomic E-state index is 0.0145. The smallest absolute Gasteiger partial charge is 0.243 e. The number of primary amides is 1. The topological polar surface area (TPSA) is 299 Å². The molecule has 0 unspecified atom stereocenters. The molecular weight excluding hydrogens is 708 g/mol. The highest BCUT2D eigenvalue weighted by Gasteiger charge is 2.30. The summed E-state index contributed by atoms with van der Waals surface area (Å²) in [5.74, 6) is -4.12. The zero-order valence-electron chi connectivity index (χ0n) is 30.4. The largest absolute Gasteiger partial charge is 0.508 e. The van der Waals surface area contributed by atoms with Crippen molar-refractivity contribution in [3.05, 3.63) is 102 Å². The Hall–Kier alpha value is -6.49. The number of carbonyl (C=O) groups is 6. The second-order valence-electron chi connectivity index (χ2n) is 12.7. The molecule has 6 amide bonds. The number of aromatic hydroxyl groups is 1. The van der Waals surface area contributed by atoms with Gasteiger partial charge >= 0.3 is 0 Å². The van der Waals surface area contributed by atoms with Gasteiger partial charge in [0.25, 0.3) is 0 Å². The third kappa shape index (κ3) is 16.0. The van der Waals surface area contributed by atoms with E-state index in [1.54, 1.807) is 72.8 Å². The second kappa shape index (κ2) is 22.5. The molecule has 0 saturated carbocycles. The van der Waals surface area contributed by atoms with Crippen LogP contribution < -0.4 is 49.5 Å². The van der Waals surface area contributed by atoms with Crippen molar-refractivity contribution in [1.29, 1.82) is 0 Å². The van der Waals surface area contributed by atoms with E-state index < -0.39 is 66.2 Å². The molecule has 0 heterocycles. The third-order valence-electron chi connectivity index (χ3n) is 8.28. The van der Waals surface area contributed by atoms with Gasteiger partial charge in [0.15, 0.2) is 5.96 Å². The first-order valence-corrected chi connectivity index (χ1v) is 17.7. The highest BCUT2D eigenvalue weighted by Crippen LogP contribution is 2.12. The van der Waals surface area contributed by atoms with Gasteiger partial charge in [-0.1, -0.05) is 72.8 Å². The fourth-order valence-electron chi connectivity index (χ4n) is 5.46. The Morgan fingerprint density at radius 1 is 0.600 bits per heavy atom. The van der Waals surface area contributed by atoms with Crippen LogP contribution in [0.15, 0.2) is 89.9 Å². The lowest BCUT2D eigenvalue weighted by molar-refractivity contribution is -0.133. The second-order valence-corrected chi connectivity index (χ2v) is 12.7. The number of phenols is 1. The lowest BCUT2D eigenvalue weighted by Gasteiger charge is -2.25. The molecule has 0 saturated heterocycles. The van der Waals surface area contributed by atoms with E-state index in [4.69, 9.17) is 22.9 Å². The number of hydrogen-bond acceptors (Lipinski definition) is 9. The summed E-state index contributed by atoms with van der Waals surface area (Å²) >= 11 is 0. The maximum atomic E-state index is 14.0. The van der Waals surface area contributed by atoms with Gasteiger partial charge in [0.1, 0.15) is 29.9 Å². The van der Waals surface area contributed by atoms with Gasteiger partial charge in [0.05, 0.1) is 6.54 Å². The number of nitrogens with two attached hydrogens (primary N) is 4. The Labute approximate surface area is 319 Å². The van der Waals surface area contributed by atoms with Crippen molar-refractivity contribution >= 4 is 41.4 Å². The lowest BCUT2D eigenvalue weighted by Crippen LogP contribution is -2.58. The van der Waals surface area contributed by atoms with Gasteiger partial charge in [-0.05, 0) is 41.7 Å². The minimum Gasteiger partial charge on any atom is -0.508 e. The number of guanidine groups is 1. The zero-order valence-corrected chi connectivity index (χ0v) is 30.4. The Morgan fingerprint density at radius 2 is 1.09 bits per heavy atom. The number of nitrogens with zero attached hydrogens (tertiary/aromatic N) is 1. The molecule has 14 N–H and O–H groups in total. The Bertz CT molecular complexity index is 1750. The monoisotopic (exact) mass is 758 g/mol. The lowest BCUT2D eigenvalue weighted by atomic mass is 10.0. The first-order chi connectivity index (χ1) is 26.3. The fraction of sp³-hybridized carbons (Fsp3) is 0.342. The molecule has 0 bridgehead atoms. The predicted molar refractivity (Wildman–Crippen MR) is 206 cm³/mol. The van der Waals surface area contributed by atoms with Crippen LogP contribution >= 0.6 is 0 Å². The number of rotatable bonds is 22. The van der Waals surface area contributed by atoms with Crippen LogP contribution in [0.5, 0.6) is 5.75 Å². The van der Waals surface area contributed by atoms with E-state index in [9.17, 15) is 33.9 Å². The average molecular weight is 759 g/mol. The molecule has 3 aromatic rings. The van der Waals surface area contributed by atoms with Gasteiger partial charge in [0, 0.05) is 38.8 Å². The van der Waals surface area contributed by atoms with Crippen molar-refractivity contribution in [3.63, 3.8) is 0 Å². The van der Waals surface area contributed by atoms with E-state index in [1.807, 2.05) is 0 Å². The van der Waals surface area contributed by atoms with E-state index in [1.165, 1.54) is 12.1 Å². The Balaban J connectivity index is 1.77. The number of nitrogens with one attached hydrogen (secondary N) is 5. The van der Waals surface area contributed by atoms with Crippen molar-refractivity contribution in [2.45, 2.75) is 62.7 Å². The third-order valence-corrected chi connectivity index (χ3v) is 8.28. The van der Waals surface area contributed by atoms with Gasteiger partial charge in [-0.25, -0.2) is 0 Å². The number of aliphatic imine (C=N–C) groups is 1. The molecule has 0 aliphatic carbocycles. The van der Waals surface area contributed by atoms with Gasteiger partial charge in [-0.3, -0.25) is 33.8 Å². The molecule has 0 aromatic heterocycles. The summed E-state index contributed by atoms with van der Waals surface area (Å²) in [5, 5.41) is 22.8. The molecule has 4 atom stereocenters. The Morgan fingerprint density at radius 3 is 1.62 bits per heavy atom. The normalized spacial score (nSPS) is 12.8. The van der Waals surface area contributed by atoms with Crippen molar-refractivity contribution in [2.75, 3.05) is 19.6 Å². The molecule has 0 fully saturated rings. The first-order valence-electron chi connectivity index (χ1n) is 17.7. The average Bonchev–Trinajstić information content (AvgIpc) is 3.15. The molecule has 0 aliphatic rings. The van der Waals surface area contributed by atoms with Crippen molar-refractivity contribution in [3.8, 4) is 5.75 Å². The van der Waals surface area contributed by atoms with Crippen molar-refractivity contribution in [1.82, 2.24) is 26.6 Å². The maximum Gasteiger partial charge on any atom is 0.243 e. The van der Waals surface area contributed by atoms with Crippen LogP contribution in [-0.4, -0.2) is 90.3 Å². The minimum atomic E-state index is -1.21. The summed E-state index contributed by atoms with van der Waals surface area (Å²) in [6, 6.07) is 19.2. The highest BCUT2D eigenvalue weighted by molar-refractivity contribution is 5.95. The number of hydrogen-bond donors (Lipinski definition) is 10.